The summed E-state index contributed by atoms with van der Waals surface area (Å²) in [4.78, 5) is 4.10. The van der Waals surface area contributed by atoms with Crippen LogP contribution in [0.5, 0.6) is 0 Å². The molecular weight excluding hydrogens is 314 g/mol. The molecule has 0 spiro atoms. The van der Waals surface area contributed by atoms with E-state index in [1.807, 2.05) is 6.92 Å². The third-order valence-corrected chi connectivity index (χ3v) is 4.91. The Labute approximate surface area is 128 Å². The Morgan fingerprint density at radius 2 is 2.24 bits per heavy atom. The number of hydrogen-bond donors (Lipinski definition) is 1. The molecule has 0 unspecified atom stereocenters. The first kappa shape index (κ1) is 15.8. The number of hydrogen-bond acceptors (Lipinski definition) is 5. The molecule has 8 heteroatoms. The lowest BCUT2D eigenvalue weighted by Gasteiger charge is -2.16. The van der Waals surface area contributed by atoms with Crippen molar-refractivity contribution in [2.24, 2.45) is 0 Å². The Hall–Kier alpha value is -1.57. The molecule has 2 rings (SSSR count). The maximum atomic E-state index is 12.5. The maximum absolute atomic E-state index is 12.5. The van der Waals surface area contributed by atoms with Gasteiger partial charge in [0, 0.05) is 31.9 Å². The molecule has 0 saturated heterocycles. The lowest BCUT2D eigenvalue weighted by atomic mass is 10.3. The second kappa shape index (κ2) is 6.46. The van der Waals surface area contributed by atoms with Crippen molar-refractivity contribution in [2.75, 3.05) is 18.9 Å². The molecule has 1 N–H and O–H groups in total. The van der Waals surface area contributed by atoms with Crippen molar-refractivity contribution in [2.45, 2.75) is 18.4 Å². The summed E-state index contributed by atoms with van der Waals surface area (Å²) in [5, 5.41) is 3.23. The van der Waals surface area contributed by atoms with E-state index < -0.39 is 10.0 Å². The Kier molecular flexibility index (Phi) is 4.87. The fourth-order valence-electron chi connectivity index (χ4n) is 1.76. The SMILES string of the molecule is CCNc1ncc(S(=O)(=O)N(C)Cc2ccoc2)cc1Cl. The Morgan fingerprint density at radius 1 is 1.48 bits per heavy atom. The van der Waals surface area contributed by atoms with Gasteiger partial charge in [-0.25, -0.2) is 13.4 Å². The van der Waals surface area contributed by atoms with Crippen LogP contribution in [-0.4, -0.2) is 31.3 Å². The summed E-state index contributed by atoms with van der Waals surface area (Å²) < 4.78 is 31.1. The minimum Gasteiger partial charge on any atom is -0.472 e. The number of nitrogens with one attached hydrogen (secondary N) is 1. The first-order valence-electron chi connectivity index (χ1n) is 6.32. The van der Waals surface area contributed by atoms with Crippen molar-refractivity contribution in [3.8, 4) is 0 Å². The fourth-order valence-corrected chi connectivity index (χ4v) is 3.19. The Bertz CT molecular complexity index is 701. The van der Waals surface area contributed by atoms with Crippen LogP contribution in [0, 0.1) is 0 Å². The van der Waals surface area contributed by atoms with Gasteiger partial charge in [-0.1, -0.05) is 11.6 Å². The van der Waals surface area contributed by atoms with Gasteiger partial charge in [-0.05, 0) is 19.1 Å². The molecule has 0 atom stereocenters. The highest BCUT2D eigenvalue weighted by atomic mass is 35.5. The van der Waals surface area contributed by atoms with Crippen LogP contribution in [0.2, 0.25) is 5.02 Å². The molecule has 114 valence electrons. The second-order valence-corrected chi connectivity index (χ2v) is 6.88. The molecule has 0 fully saturated rings. The molecule has 6 nitrogen and oxygen atoms in total. The van der Waals surface area contributed by atoms with Crippen LogP contribution in [0.4, 0.5) is 5.82 Å². The molecule has 2 heterocycles. The summed E-state index contributed by atoms with van der Waals surface area (Å²) in [6.45, 7) is 2.77. The normalized spacial score (nSPS) is 11.8. The molecule has 0 aliphatic heterocycles. The van der Waals surface area contributed by atoms with Crippen molar-refractivity contribution in [3.05, 3.63) is 41.4 Å². The van der Waals surface area contributed by atoms with Crippen LogP contribution in [0.25, 0.3) is 0 Å². The molecule has 0 aromatic carbocycles. The molecule has 0 aliphatic rings. The summed E-state index contributed by atoms with van der Waals surface area (Å²) in [5.74, 6) is 0.468. The van der Waals surface area contributed by atoms with Crippen LogP contribution < -0.4 is 5.32 Å². The van der Waals surface area contributed by atoms with E-state index >= 15 is 0 Å². The summed E-state index contributed by atoms with van der Waals surface area (Å²) in [7, 11) is -2.16. The number of aromatic nitrogens is 1. The Morgan fingerprint density at radius 3 is 2.81 bits per heavy atom. The first-order valence-corrected chi connectivity index (χ1v) is 8.13. The molecule has 0 saturated carbocycles. The van der Waals surface area contributed by atoms with Crippen molar-refractivity contribution in [1.29, 1.82) is 0 Å². The zero-order valence-corrected chi connectivity index (χ0v) is 13.3. The molecule has 0 bridgehead atoms. The van der Waals surface area contributed by atoms with Crippen molar-refractivity contribution in [3.63, 3.8) is 0 Å². The van der Waals surface area contributed by atoms with E-state index in [9.17, 15) is 8.42 Å². The minimum absolute atomic E-state index is 0.0557. The summed E-state index contributed by atoms with van der Waals surface area (Å²) in [6.07, 6.45) is 4.30. The van der Waals surface area contributed by atoms with Crippen LogP contribution in [0.15, 0.2) is 40.2 Å². The summed E-state index contributed by atoms with van der Waals surface area (Å²) in [6, 6.07) is 3.11. The van der Waals surface area contributed by atoms with Crippen LogP contribution >= 0.6 is 11.6 Å². The van der Waals surface area contributed by atoms with Gasteiger partial charge in [-0.3, -0.25) is 0 Å². The highest BCUT2D eigenvalue weighted by Crippen LogP contribution is 2.24. The van der Waals surface area contributed by atoms with Crippen LogP contribution in [-0.2, 0) is 16.6 Å². The lowest BCUT2D eigenvalue weighted by molar-refractivity contribution is 0.463. The Balaban J connectivity index is 2.24. The molecule has 2 aromatic heterocycles. The standard InChI is InChI=1S/C13H16ClN3O3S/c1-3-15-13-12(14)6-11(7-16-13)21(18,19)17(2)8-10-4-5-20-9-10/h4-7,9H,3,8H2,1-2H3,(H,15,16). The van der Waals surface area contributed by atoms with Gasteiger partial charge in [0.15, 0.2) is 0 Å². The van der Waals surface area contributed by atoms with Gasteiger partial charge in [0.2, 0.25) is 10.0 Å². The van der Waals surface area contributed by atoms with Crippen molar-refractivity contribution in [1.82, 2.24) is 9.29 Å². The quantitative estimate of drug-likeness (QED) is 0.881. The van der Waals surface area contributed by atoms with Gasteiger partial charge in [0.05, 0.1) is 17.5 Å². The average molecular weight is 330 g/mol. The molecule has 21 heavy (non-hydrogen) atoms. The smallest absolute Gasteiger partial charge is 0.244 e. The van der Waals surface area contributed by atoms with Gasteiger partial charge >= 0.3 is 0 Å². The molecule has 0 radical (unpaired) electrons. The van der Waals surface area contributed by atoms with Gasteiger partial charge < -0.3 is 9.73 Å². The van der Waals surface area contributed by atoms with Crippen molar-refractivity contribution < 1.29 is 12.8 Å². The number of rotatable bonds is 6. The summed E-state index contributed by atoms with van der Waals surface area (Å²) >= 11 is 6.04. The van der Waals surface area contributed by atoms with Crippen LogP contribution in [0.3, 0.4) is 0 Å². The van der Waals surface area contributed by atoms with Gasteiger partial charge in [0.1, 0.15) is 10.7 Å². The third kappa shape index (κ3) is 3.55. The average Bonchev–Trinajstić information content (AvgIpc) is 2.94. The maximum Gasteiger partial charge on any atom is 0.244 e. The number of furan rings is 1. The molecular formula is C13H16ClN3O3S. The number of nitrogens with zero attached hydrogens (tertiary/aromatic N) is 2. The number of pyridine rings is 1. The molecule has 0 amide bonds. The molecule has 2 aromatic rings. The lowest BCUT2D eigenvalue weighted by Crippen LogP contribution is -2.26. The van der Waals surface area contributed by atoms with E-state index in [-0.39, 0.29) is 16.5 Å². The first-order chi connectivity index (χ1) is 9.95. The van der Waals surface area contributed by atoms with E-state index in [0.717, 1.165) is 5.56 Å². The number of anilines is 1. The largest absolute Gasteiger partial charge is 0.472 e. The van der Waals surface area contributed by atoms with E-state index in [2.05, 4.69) is 10.3 Å². The van der Waals surface area contributed by atoms with E-state index in [0.29, 0.717) is 12.4 Å². The predicted octanol–water partition coefficient (Wildman–Crippen LogP) is 2.58. The monoisotopic (exact) mass is 329 g/mol. The van der Waals surface area contributed by atoms with Gasteiger partial charge in [-0.2, -0.15) is 4.31 Å². The number of sulfonamides is 1. The molecule has 0 aliphatic carbocycles. The van der Waals surface area contributed by atoms with E-state index in [1.54, 1.807) is 6.07 Å². The topological polar surface area (TPSA) is 75.4 Å². The number of halogens is 1. The summed E-state index contributed by atoms with van der Waals surface area (Å²) in [5.41, 5.74) is 0.768. The highest BCUT2D eigenvalue weighted by Gasteiger charge is 2.22. The van der Waals surface area contributed by atoms with E-state index in [4.69, 9.17) is 16.0 Å². The zero-order chi connectivity index (χ0) is 15.5. The van der Waals surface area contributed by atoms with Crippen molar-refractivity contribution >= 4 is 27.4 Å². The van der Waals surface area contributed by atoms with Gasteiger partial charge in [-0.15, -0.1) is 0 Å². The van der Waals surface area contributed by atoms with Crippen LogP contribution in [0.1, 0.15) is 12.5 Å². The second-order valence-electron chi connectivity index (χ2n) is 4.42. The van der Waals surface area contributed by atoms with E-state index in [1.165, 1.54) is 36.1 Å². The fraction of sp³-hybridized carbons (Fsp3) is 0.308. The minimum atomic E-state index is -3.65. The highest BCUT2D eigenvalue weighted by molar-refractivity contribution is 7.89. The predicted molar refractivity (Wildman–Crippen MR) is 80.8 cm³/mol. The van der Waals surface area contributed by atoms with Gasteiger partial charge in [0.25, 0.3) is 0 Å². The third-order valence-electron chi connectivity index (χ3n) is 2.85. The zero-order valence-electron chi connectivity index (χ0n) is 11.7.